The van der Waals surface area contributed by atoms with Crippen LogP contribution in [0.25, 0.3) is 0 Å². The minimum Gasteiger partial charge on any atom is -0.337 e. The summed E-state index contributed by atoms with van der Waals surface area (Å²) in [6.45, 7) is 2.97. The second kappa shape index (κ2) is 7.50. The van der Waals surface area contributed by atoms with Crippen LogP contribution in [0.2, 0.25) is 0 Å². The van der Waals surface area contributed by atoms with Crippen molar-refractivity contribution in [3.8, 4) is 0 Å². The van der Waals surface area contributed by atoms with E-state index in [2.05, 4.69) is 34.5 Å². The highest BCUT2D eigenvalue weighted by Crippen LogP contribution is 2.32. The largest absolute Gasteiger partial charge is 0.337 e. The van der Waals surface area contributed by atoms with Gasteiger partial charge in [-0.25, -0.2) is 4.79 Å². The molecule has 3 saturated heterocycles. The molecule has 0 radical (unpaired) electrons. The zero-order valence-corrected chi connectivity index (χ0v) is 16.4. The zero-order valence-electron chi connectivity index (χ0n) is 16.4. The summed E-state index contributed by atoms with van der Waals surface area (Å²) in [6, 6.07) is 9.40. The summed E-state index contributed by atoms with van der Waals surface area (Å²) in [4.78, 5) is 30.6. The number of carbonyl (C=O) groups is 2. The van der Waals surface area contributed by atoms with Crippen LogP contribution >= 0.6 is 0 Å². The van der Waals surface area contributed by atoms with Crippen LogP contribution in [-0.2, 0) is 17.6 Å². The van der Waals surface area contributed by atoms with E-state index in [-0.39, 0.29) is 24.5 Å². The summed E-state index contributed by atoms with van der Waals surface area (Å²) in [5.41, 5.74) is 2.97. The number of nitrogens with zero attached hydrogens (tertiary/aromatic N) is 3. The maximum atomic E-state index is 12.7. The number of carbonyl (C=O) groups excluding carboxylic acids is 2. The van der Waals surface area contributed by atoms with Crippen molar-refractivity contribution in [2.75, 3.05) is 40.3 Å². The molecule has 1 N–H and O–H groups in total. The number of benzene rings is 1. The van der Waals surface area contributed by atoms with E-state index in [1.807, 2.05) is 4.90 Å². The molecule has 6 nitrogen and oxygen atoms in total. The lowest BCUT2D eigenvalue weighted by Crippen LogP contribution is -2.51. The smallest absolute Gasteiger partial charge is 0.317 e. The summed E-state index contributed by atoms with van der Waals surface area (Å²) < 4.78 is 0. The van der Waals surface area contributed by atoms with E-state index in [4.69, 9.17) is 0 Å². The van der Waals surface area contributed by atoms with Crippen LogP contribution in [0.1, 0.15) is 24.0 Å². The van der Waals surface area contributed by atoms with E-state index in [9.17, 15) is 9.59 Å². The molecule has 0 saturated carbocycles. The van der Waals surface area contributed by atoms with Crippen LogP contribution in [0.3, 0.4) is 0 Å². The summed E-state index contributed by atoms with van der Waals surface area (Å²) in [6.07, 6.45) is 4.54. The van der Waals surface area contributed by atoms with Gasteiger partial charge in [0.2, 0.25) is 5.91 Å². The van der Waals surface area contributed by atoms with Gasteiger partial charge in [-0.15, -0.1) is 0 Å². The van der Waals surface area contributed by atoms with E-state index in [1.54, 1.807) is 14.1 Å². The Bertz CT molecular complexity index is 695. The quantitative estimate of drug-likeness (QED) is 0.874. The van der Waals surface area contributed by atoms with Crippen LogP contribution in [0.5, 0.6) is 0 Å². The predicted octanol–water partition coefficient (Wildman–Crippen LogP) is 1.35. The molecule has 0 spiro atoms. The Labute approximate surface area is 161 Å². The monoisotopic (exact) mass is 370 g/mol. The summed E-state index contributed by atoms with van der Waals surface area (Å²) in [5.74, 6) is 0.595. The highest BCUT2D eigenvalue weighted by atomic mass is 16.2. The highest BCUT2D eigenvalue weighted by Gasteiger charge is 2.40. The Morgan fingerprint density at radius 2 is 1.74 bits per heavy atom. The van der Waals surface area contributed by atoms with Crippen molar-refractivity contribution in [2.45, 2.75) is 37.8 Å². The molecule has 1 aromatic carbocycles. The van der Waals surface area contributed by atoms with Crippen molar-refractivity contribution >= 4 is 11.9 Å². The molecule has 3 aliphatic heterocycles. The molecule has 4 aliphatic rings. The Hall–Kier alpha value is -2.08. The molecular weight excluding hydrogens is 340 g/mol. The third-order valence-electron chi connectivity index (χ3n) is 6.40. The fourth-order valence-electron chi connectivity index (χ4n) is 4.93. The van der Waals surface area contributed by atoms with Crippen LogP contribution in [0.4, 0.5) is 4.79 Å². The average Bonchev–Trinajstić information content (AvgIpc) is 2.88. The topological polar surface area (TPSA) is 55.9 Å². The molecule has 146 valence electrons. The fourth-order valence-corrected chi connectivity index (χ4v) is 4.93. The lowest BCUT2D eigenvalue weighted by Gasteiger charge is -2.36. The third kappa shape index (κ3) is 3.81. The Balaban J connectivity index is 1.39. The number of urea groups is 1. The Morgan fingerprint density at radius 1 is 1.04 bits per heavy atom. The third-order valence-corrected chi connectivity index (χ3v) is 6.40. The van der Waals surface area contributed by atoms with Gasteiger partial charge in [0.15, 0.2) is 0 Å². The van der Waals surface area contributed by atoms with E-state index < -0.39 is 0 Å². The molecule has 27 heavy (non-hydrogen) atoms. The number of amides is 3. The van der Waals surface area contributed by atoms with Gasteiger partial charge in [0.05, 0.1) is 6.54 Å². The number of nitrogens with one attached hydrogen (secondary N) is 1. The molecule has 0 unspecified atom stereocenters. The maximum absolute atomic E-state index is 12.7. The standard InChI is InChI=1S/C21H30N4O2/c1-23(2)21(27)22-11-20(26)25-13-15-7-8-18(25)14-24(12-15)19-9-16-5-3-4-6-17(16)10-19/h3-6,15,18-19H,7-14H2,1-2H3,(H,22,27)/t15-,18+/m0/s1. The first-order chi connectivity index (χ1) is 13.0. The van der Waals surface area contributed by atoms with Gasteiger partial charge in [-0.3, -0.25) is 9.69 Å². The van der Waals surface area contributed by atoms with Crippen LogP contribution < -0.4 is 5.32 Å². The second-order valence-corrected chi connectivity index (χ2v) is 8.48. The van der Waals surface area contributed by atoms with Crippen LogP contribution in [-0.4, -0.2) is 79.0 Å². The van der Waals surface area contributed by atoms with E-state index in [1.165, 1.54) is 22.4 Å². The van der Waals surface area contributed by atoms with Gasteiger partial charge in [-0.05, 0) is 42.7 Å². The highest BCUT2D eigenvalue weighted by molar-refractivity contribution is 5.84. The van der Waals surface area contributed by atoms with Gasteiger partial charge >= 0.3 is 6.03 Å². The number of hydrogen-bond acceptors (Lipinski definition) is 3. The van der Waals surface area contributed by atoms with Crippen LogP contribution in [0.15, 0.2) is 24.3 Å². The van der Waals surface area contributed by atoms with Crippen molar-refractivity contribution in [3.63, 3.8) is 0 Å². The molecule has 5 rings (SSSR count). The van der Waals surface area contributed by atoms with Crippen molar-refractivity contribution < 1.29 is 9.59 Å². The molecule has 3 fully saturated rings. The van der Waals surface area contributed by atoms with Gasteiger partial charge in [0, 0.05) is 45.8 Å². The summed E-state index contributed by atoms with van der Waals surface area (Å²) in [5, 5.41) is 2.72. The van der Waals surface area contributed by atoms with Gasteiger partial charge in [0.1, 0.15) is 0 Å². The SMILES string of the molecule is CN(C)C(=O)NCC(=O)N1C[C@H]2CC[C@@H]1CN(C1Cc3ccccc3C1)C2. The predicted molar refractivity (Wildman–Crippen MR) is 105 cm³/mol. The van der Waals surface area contributed by atoms with E-state index in [0.29, 0.717) is 12.0 Å². The zero-order chi connectivity index (χ0) is 19.0. The van der Waals surface area contributed by atoms with E-state index in [0.717, 1.165) is 38.9 Å². The van der Waals surface area contributed by atoms with Gasteiger partial charge in [0.25, 0.3) is 0 Å². The average molecular weight is 370 g/mol. The summed E-state index contributed by atoms with van der Waals surface area (Å²) in [7, 11) is 3.37. The van der Waals surface area contributed by atoms with Gasteiger partial charge < -0.3 is 15.1 Å². The normalized spacial score (nSPS) is 25.2. The molecule has 0 aromatic heterocycles. The lowest BCUT2D eigenvalue weighted by atomic mass is 9.95. The second-order valence-electron chi connectivity index (χ2n) is 8.48. The van der Waals surface area contributed by atoms with Crippen LogP contribution in [0, 0.1) is 5.92 Å². The Morgan fingerprint density at radius 3 is 2.41 bits per heavy atom. The van der Waals surface area contributed by atoms with Gasteiger partial charge in [-0.1, -0.05) is 24.3 Å². The maximum Gasteiger partial charge on any atom is 0.317 e. The van der Waals surface area contributed by atoms with Crippen molar-refractivity contribution in [1.29, 1.82) is 0 Å². The van der Waals surface area contributed by atoms with E-state index >= 15 is 0 Å². The molecule has 2 bridgehead atoms. The number of piperidine rings is 1. The first-order valence-corrected chi connectivity index (χ1v) is 10.1. The summed E-state index contributed by atoms with van der Waals surface area (Å²) >= 11 is 0. The number of fused-ring (bicyclic) bond motifs is 5. The first kappa shape index (κ1) is 18.3. The van der Waals surface area contributed by atoms with Gasteiger partial charge in [-0.2, -0.15) is 0 Å². The lowest BCUT2D eigenvalue weighted by molar-refractivity contribution is -0.134. The minimum atomic E-state index is -0.214. The van der Waals surface area contributed by atoms with Crippen molar-refractivity contribution in [1.82, 2.24) is 20.0 Å². The molecule has 2 atom stereocenters. The Kier molecular flexibility index (Phi) is 5.08. The van der Waals surface area contributed by atoms with Crippen molar-refractivity contribution in [2.24, 2.45) is 5.92 Å². The molecule has 6 heteroatoms. The molecule has 3 heterocycles. The number of rotatable bonds is 3. The molecule has 1 aliphatic carbocycles. The fraction of sp³-hybridized carbons (Fsp3) is 0.619. The number of hydrogen-bond donors (Lipinski definition) is 1. The molecular formula is C21H30N4O2. The van der Waals surface area contributed by atoms with Crippen molar-refractivity contribution in [3.05, 3.63) is 35.4 Å². The molecule has 1 aromatic rings. The first-order valence-electron chi connectivity index (χ1n) is 10.1. The minimum absolute atomic E-state index is 0.0523. The molecule has 3 amide bonds.